The average Bonchev–Trinajstić information content (AvgIpc) is 2.15. The molecule has 2 aliphatic rings. The summed E-state index contributed by atoms with van der Waals surface area (Å²) in [5.41, 5.74) is 0. The molecule has 0 aromatic carbocycles. The molecular weight excluding hydrogens is 182 g/mol. The van der Waals surface area contributed by atoms with E-state index in [1.807, 2.05) is 0 Å². The number of amides is 2. The summed E-state index contributed by atoms with van der Waals surface area (Å²) in [4.78, 5) is 24.6. The van der Waals surface area contributed by atoms with Gasteiger partial charge in [0.2, 0.25) is 11.8 Å². The second-order valence-corrected chi connectivity index (χ2v) is 4.26. The molecule has 1 saturated heterocycles. The molecule has 1 aliphatic heterocycles. The van der Waals surface area contributed by atoms with E-state index in [2.05, 4.69) is 0 Å². The lowest BCUT2D eigenvalue weighted by Crippen LogP contribution is -2.32. The minimum absolute atomic E-state index is 0.0214. The van der Waals surface area contributed by atoms with Crippen LogP contribution in [0.5, 0.6) is 0 Å². The Balaban J connectivity index is 1.98. The number of aliphatic hydroxyl groups excluding tert-OH is 1. The second kappa shape index (κ2) is 3.35. The van der Waals surface area contributed by atoms with Crippen LogP contribution in [0.15, 0.2) is 0 Å². The van der Waals surface area contributed by atoms with Crippen molar-refractivity contribution in [2.75, 3.05) is 6.54 Å². The zero-order valence-corrected chi connectivity index (χ0v) is 8.27. The standard InChI is InChI=1S/C10H15NO3/c1-6(12)4-5-11-9(13)7-2-3-8(7)10(11)14/h6-8,12H,2-5H2,1H3. The van der Waals surface area contributed by atoms with Crippen molar-refractivity contribution in [1.82, 2.24) is 4.90 Å². The third kappa shape index (κ3) is 1.34. The number of carbonyl (C=O) groups is 2. The first-order valence-corrected chi connectivity index (χ1v) is 5.14. The number of imide groups is 1. The molecule has 0 aromatic heterocycles. The molecule has 2 rings (SSSR count). The van der Waals surface area contributed by atoms with Crippen LogP contribution in [-0.4, -0.2) is 34.5 Å². The van der Waals surface area contributed by atoms with Crippen molar-refractivity contribution in [3.8, 4) is 0 Å². The Labute approximate surface area is 82.9 Å². The van der Waals surface area contributed by atoms with E-state index in [0.29, 0.717) is 13.0 Å². The molecule has 3 unspecified atom stereocenters. The molecule has 0 radical (unpaired) electrons. The molecule has 4 heteroatoms. The third-order valence-electron chi connectivity index (χ3n) is 3.21. The van der Waals surface area contributed by atoms with Gasteiger partial charge in [0.15, 0.2) is 0 Å². The van der Waals surface area contributed by atoms with E-state index in [4.69, 9.17) is 5.11 Å². The van der Waals surface area contributed by atoms with Crippen molar-refractivity contribution >= 4 is 11.8 Å². The van der Waals surface area contributed by atoms with E-state index in [-0.39, 0.29) is 23.7 Å². The molecule has 1 saturated carbocycles. The number of carbonyl (C=O) groups excluding carboxylic acids is 2. The zero-order chi connectivity index (χ0) is 10.3. The molecule has 2 fully saturated rings. The molecule has 0 spiro atoms. The van der Waals surface area contributed by atoms with Crippen molar-refractivity contribution in [3.63, 3.8) is 0 Å². The van der Waals surface area contributed by atoms with Crippen LogP contribution in [0, 0.1) is 11.8 Å². The van der Waals surface area contributed by atoms with Crippen LogP contribution in [0.25, 0.3) is 0 Å². The van der Waals surface area contributed by atoms with Gasteiger partial charge in [0.05, 0.1) is 17.9 Å². The average molecular weight is 197 g/mol. The van der Waals surface area contributed by atoms with Crippen LogP contribution in [0.4, 0.5) is 0 Å². The predicted octanol–water partition coefficient (Wildman–Crippen LogP) is 0.152. The zero-order valence-electron chi connectivity index (χ0n) is 8.27. The number of fused-ring (bicyclic) bond motifs is 1. The van der Waals surface area contributed by atoms with Gasteiger partial charge in [-0.2, -0.15) is 0 Å². The molecule has 0 bridgehead atoms. The van der Waals surface area contributed by atoms with E-state index < -0.39 is 6.10 Å². The number of rotatable bonds is 3. The summed E-state index contributed by atoms with van der Waals surface area (Å²) in [7, 11) is 0. The first-order chi connectivity index (χ1) is 6.61. The highest BCUT2D eigenvalue weighted by molar-refractivity contribution is 6.06. The monoisotopic (exact) mass is 197 g/mol. The summed E-state index contributed by atoms with van der Waals surface area (Å²) in [6.45, 7) is 2.04. The van der Waals surface area contributed by atoms with E-state index in [0.717, 1.165) is 12.8 Å². The van der Waals surface area contributed by atoms with Crippen LogP contribution in [-0.2, 0) is 9.59 Å². The Hall–Kier alpha value is -0.900. The van der Waals surface area contributed by atoms with Gasteiger partial charge in [-0.05, 0) is 26.2 Å². The highest BCUT2D eigenvalue weighted by Gasteiger charge is 2.52. The molecular formula is C10H15NO3. The first-order valence-electron chi connectivity index (χ1n) is 5.14. The van der Waals surface area contributed by atoms with Crippen molar-refractivity contribution in [1.29, 1.82) is 0 Å². The number of likely N-dealkylation sites (tertiary alicyclic amines) is 1. The fourth-order valence-electron chi connectivity index (χ4n) is 2.14. The summed E-state index contributed by atoms with van der Waals surface area (Å²) < 4.78 is 0. The number of hydrogen-bond donors (Lipinski definition) is 1. The Kier molecular flexibility index (Phi) is 2.31. The van der Waals surface area contributed by atoms with E-state index in [1.54, 1.807) is 6.92 Å². The van der Waals surface area contributed by atoms with Crippen LogP contribution in [0.2, 0.25) is 0 Å². The fraction of sp³-hybridized carbons (Fsp3) is 0.800. The fourth-order valence-corrected chi connectivity index (χ4v) is 2.14. The van der Waals surface area contributed by atoms with Gasteiger partial charge in [-0.3, -0.25) is 14.5 Å². The second-order valence-electron chi connectivity index (χ2n) is 4.26. The summed E-state index contributed by atoms with van der Waals surface area (Å²) in [6.07, 6.45) is 1.76. The van der Waals surface area contributed by atoms with Gasteiger partial charge in [0.1, 0.15) is 0 Å². The Bertz CT molecular complexity index is 253. The van der Waals surface area contributed by atoms with Crippen molar-refractivity contribution in [3.05, 3.63) is 0 Å². The summed E-state index contributed by atoms with van der Waals surface area (Å²) >= 11 is 0. The minimum atomic E-state index is -0.450. The highest BCUT2D eigenvalue weighted by Crippen LogP contribution is 2.42. The molecule has 1 N–H and O–H groups in total. The molecule has 1 aliphatic carbocycles. The number of aliphatic hydroxyl groups is 1. The Morgan fingerprint density at radius 1 is 1.36 bits per heavy atom. The molecule has 2 amide bonds. The first kappa shape index (κ1) is 9.65. The molecule has 78 valence electrons. The molecule has 3 atom stereocenters. The van der Waals surface area contributed by atoms with Crippen molar-refractivity contribution in [2.45, 2.75) is 32.3 Å². The molecule has 0 aromatic rings. The minimum Gasteiger partial charge on any atom is -0.393 e. The Morgan fingerprint density at radius 3 is 2.21 bits per heavy atom. The van der Waals surface area contributed by atoms with E-state index in [9.17, 15) is 9.59 Å². The van der Waals surface area contributed by atoms with E-state index in [1.165, 1.54) is 4.90 Å². The quantitative estimate of drug-likeness (QED) is 0.655. The van der Waals surface area contributed by atoms with Crippen LogP contribution in [0.1, 0.15) is 26.2 Å². The molecule has 4 nitrogen and oxygen atoms in total. The molecule has 14 heavy (non-hydrogen) atoms. The van der Waals surface area contributed by atoms with Gasteiger partial charge in [0.25, 0.3) is 0 Å². The van der Waals surface area contributed by atoms with Gasteiger partial charge >= 0.3 is 0 Å². The summed E-state index contributed by atoms with van der Waals surface area (Å²) in [5, 5.41) is 9.08. The largest absolute Gasteiger partial charge is 0.393 e. The summed E-state index contributed by atoms with van der Waals surface area (Å²) in [5.74, 6) is -0.105. The van der Waals surface area contributed by atoms with Gasteiger partial charge in [0, 0.05) is 6.54 Å². The van der Waals surface area contributed by atoms with Gasteiger partial charge in [-0.1, -0.05) is 0 Å². The van der Waals surface area contributed by atoms with Crippen LogP contribution >= 0.6 is 0 Å². The topological polar surface area (TPSA) is 57.6 Å². The maximum Gasteiger partial charge on any atom is 0.233 e. The lowest BCUT2D eigenvalue weighted by atomic mass is 9.76. The Morgan fingerprint density at radius 2 is 1.86 bits per heavy atom. The predicted molar refractivity (Wildman–Crippen MR) is 49.2 cm³/mol. The number of nitrogens with zero attached hydrogens (tertiary/aromatic N) is 1. The van der Waals surface area contributed by atoms with Crippen LogP contribution < -0.4 is 0 Å². The normalized spacial score (nSPS) is 32.9. The molecule has 1 heterocycles. The van der Waals surface area contributed by atoms with E-state index >= 15 is 0 Å². The maximum absolute atomic E-state index is 11.6. The summed E-state index contributed by atoms with van der Waals surface area (Å²) in [6, 6.07) is 0. The van der Waals surface area contributed by atoms with Crippen molar-refractivity contribution < 1.29 is 14.7 Å². The maximum atomic E-state index is 11.6. The SMILES string of the molecule is CC(O)CCN1C(=O)C2CCC2C1=O. The smallest absolute Gasteiger partial charge is 0.233 e. The van der Waals surface area contributed by atoms with Crippen molar-refractivity contribution in [2.24, 2.45) is 11.8 Å². The number of hydrogen-bond acceptors (Lipinski definition) is 3. The lowest BCUT2D eigenvalue weighted by molar-refractivity contribution is -0.139. The van der Waals surface area contributed by atoms with Gasteiger partial charge in [-0.15, -0.1) is 0 Å². The lowest BCUT2D eigenvalue weighted by Gasteiger charge is -2.24. The van der Waals surface area contributed by atoms with Gasteiger partial charge < -0.3 is 5.11 Å². The third-order valence-corrected chi connectivity index (χ3v) is 3.21. The van der Waals surface area contributed by atoms with Gasteiger partial charge in [-0.25, -0.2) is 0 Å². The highest BCUT2D eigenvalue weighted by atomic mass is 16.3. The van der Waals surface area contributed by atoms with Crippen LogP contribution in [0.3, 0.4) is 0 Å².